The smallest absolute Gasteiger partial charge is 0.408 e. The lowest BCUT2D eigenvalue weighted by Gasteiger charge is -2.43. The molecule has 0 bridgehead atoms. The van der Waals surface area contributed by atoms with Crippen molar-refractivity contribution < 1.29 is 39.1 Å². The Morgan fingerprint density at radius 3 is 2.51 bits per heavy atom. The Bertz CT molecular complexity index is 1330. The second-order valence-electron chi connectivity index (χ2n) is 10.5. The Balaban J connectivity index is 1.49. The first-order valence-electron chi connectivity index (χ1n) is 12.9. The van der Waals surface area contributed by atoms with Crippen molar-refractivity contribution in [3.63, 3.8) is 0 Å². The fraction of sp³-hybridized carbons (Fsp3) is 0.500. The van der Waals surface area contributed by atoms with Gasteiger partial charge in [-0.1, -0.05) is 12.1 Å². The molecular weight excluding hydrogens is 538 g/mol. The number of carbonyl (C=O) groups excluding carboxylic acids is 2. The number of ether oxygens (including phenoxy) is 3. The third-order valence-electron chi connectivity index (χ3n) is 6.35. The van der Waals surface area contributed by atoms with Gasteiger partial charge in [-0.25, -0.2) is 19.7 Å². The van der Waals surface area contributed by atoms with Crippen molar-refractivity contribution in [1.82, 2.24) is 30.6 Å². The number of amides is 2. The van der Waals surface area contributed by atoms with Gasteiger partial charge in [-0.2, -0.15) is 0 Å². The van der Waals surface area contributed by atoms with Gasteiger partial charge in [0, 0.05) is 6.42 Å². The largest absolute Gasteiger partial charge is 0.497 e. The van der Waals surface area contributed by atoms with Crippen molar-refractivity contribution in [3.05, 3.63) is 42.5 Å². The number of carbonyl (C=O) groups is 2. The molecule has 6 atom stereocenters. The summed E-state index contributed by atoms with van der Waals surface area (Å²) in [5.41, 5.74) is 0.722. The summed E-state index contributed by atoms with van der Waals surface area (Å²) in [6, 6.07) is 4.57. The number of nitrogens with zero attached hydrogens (tertiary/aromatic N) is 3. The van der Waals surface area contributed by atoms with Gasteiger partial charge < -0.3 is 50.5 Å². The maximum Gasteiger partial charge on any atom is 0.408 e. The summed E-state index contributed by atoms with van der Waals surface area (Å²) in [6.07, 6.45) is -3.49. The van der Waals surface area contributed by atoms with Crippen LogP contribution in [-0.4, -0.2) is 103 Å². The number of alkyl carbamates (subject to hydrolysis) is 1. The summed E-state index contributed by atoms with van der Waals surface area (Å²) in [7, 11) is 1.53. The zero-order chi connectivity index (χ0) is 29.7. The Morgan fingerprint density at radius 2 is 1.85 bits per heavy atom. The van der Waals surface area contributed by atoms with Crippen LogP contribution in [0.2, 0.25) is 0 Å². The van der Waals surface area contributed by atoms with Crippen LogP contribution < -0.4 is 20.7 Å². The van der Waals surface area contributed by atoms with Gasteiger partial charge in [0.05, 0.1) is 26.1 Å². The fourth-order valence-electron chi connectivity index (χ4n) is 4.35. The summed E-state index contributed by atoms with van der Waals surface area (Å²) in [5, 5.41) is 40.0. The molecule has 1 fully saturated rings. The Labute approximate surface area is 235 Å². The number of aliphatic hydroxyl groups is 3. The minimum atomic E-state index is -1.57. The number of nitrogens with one attached hydrogen (secondary N) is 4. The SMILES string of the molecule is COc1ccc(C[C@H](NC(=O)OC(C)(C)C)C(=O)N[C@@H]2[C@@H](O)[C@H](O)[C@@H](Nc3ncnc4nc[nH]c34)O[C@H]2CO)cc1. The van der Waals surface area contributed by atoms with Crippen molar-refractivity contribution in [3.8, 4) is 5.75 Å². The minimum Gasteiger partial charge on any atom is -0.497 e. The van der Waals surface area contributed by atoms with Gasteiger partial charge in [0.25, 0.3) is 0 Å². The highest BCUT2D eigenvalue weighted by atomic mass is 16.6. The molecule has 41 heavy (non-hydrogen) atoms. The number of hydrogen-bond donors (Lipinski definition) is 7. The highest BCUT2D eigenvalue weighted by molar-refractivity contribution is 5.86. The Kier molecular flexibility index (Phi) is 9.22. The molecule has 2 aromatic heterocycles. The van der Waals surface area contributed by atoms with E-state index in [1.807, 2.05) is 0 Å². The normalized spacial score (nSPS) is 23.4. The van der Waals surface area contributed by atoms with Crippen LogP contribution in [-0.2, 0) is 20.7 Å². The van der Waals surface area contributed by atoms with E-state index in [1.54, 1.807) is 45.0 Å². The fourth-order valence-corrected chi connectivity index (χ4v) is 4.35. The van der Waals surface area contributed by atoms with Crippen LogP contribution in [0, 0.1) is 0 Å². The Hall–Kier alpha value is -4.05. The van der Waals surface area contributed by atoms with Crippen molar-refractivity contribution in [2.45, 2.75) is 69.4 Å². The first kappa shape index (κ1) is 29.9. The van der Waals surface area contributed by atoms with E-state index >= 15 is 0 Å². The molecule has 0 saturated carbocycles. The number of hydrogen-bond acceptors (Lipinski definition) is 12. The van der Waals surface area contributed by atoms with Crippen LogP contribution in [0.3, 0.4) is 0 Å². The van der Waals surface area contributed by atoms with E-state index in [0.717, 1.165) is 0 Å². The number of imidazole rings is 1. The predicted molar refractivity (Wildman–Crippen MR) is 145 cm³/mol. The molecule has 15 nitrogen and oxygen atoms in total. The summed E-state index contributed by atoms with van der Waals surface area (Å²) in [5.74, 6) is 0.186. The number of aliphatic hydroxyl groups excluding tert-OH is 3. The third-order valence-corrected chi connectivity index (χ3v) is 6.35. The van der Waals surface area contributed by atoms with Crippen molar-refractivity contribution in [2.24, 2.45) is 0 Å². The number of rotatable bonds is 9. The molecule has 0 radical (unpaired) electrons. The van der Waals surface area contributed by atoms with Crippen LogP contribution in [0.15, 0.2) is 36.9 Å². The van der Waals surface area contributed by atoms with E-state index in [0.29, 0.717) is 22.5 Å². The average molecular weight is 574 g/mol. The quantitative estimate of drug-likeness (QED) is 0.178. The van der Waals surface area contributed by atoms with Gasteiger partial charge in [0.1, 0.15) is 47.5 Å². The van der Waals surface area contributed by atoms with Gasteiger partial charge in [-0.15, -0.1) is 0 Å². The Morgan fingerprint density at radius 1 is 1.12 bits per heavy atom. The monoisotopic (exact) mass is 573 g/mol. The molecule has 1 aliphatic rings. The van der Waals surface area contributed by atoms with Crippen molar-refractivity contribution in [1.29, 1.82) is 0 Å². The average Bonchev–Trinajstić information content (AvgIpc) is 3.41. The van der Waals surface area contributed by atoms with Crippen LogP contribution in [0.1, 0.15) is 26.3 Å². The first-order valence-corrected chi connectivity index (χ1v) is 12.9. The van der Waals surface area contributed by atoms with E-state index in [4.69, 9.17) is 14.2 Å². The maximum atomic E-state index is 13.5. The second kappa shape index (κ2) is 12.6. The molecule has 0 unspecified atom stereocenters. The lowest BCUT2D eigenvalue weighted by molar-refractivity contribution is -0.185. The molecule has 1 aliphatic heterocycles. The number of methoxy groups -OCH3 is 1. The first-order chi connectivity index (χ1) is 19.5. The zero-order valence-corrected chi connectivity index (χ0v) is 23.1. The van der Waals surface area contributed by atoms with E-state index in [1.165, 1.54) is 19.8 Å². The molecule has 1 saturated heterocycles. The number of anilines is 1. The van der Waals surface area contributed by atoms with Crippen LogP contribution in [0.5, 0.6) is 5.75 Å². The molecular formula is C26H35N7O8. The van der Waals surface area contributed by atoms with E-state index in [9.17, 15) is 24.9 Å². The minimum absolute atomic E-state index is 0.0726. The highest BCUT2D eigenvalue weighted by Crippen LogP contribution is 2.25. The molecule has 0 spiro atoms. The number of fused-ring (bicyclic) bond motifs is 1. The van der Waals surface area contributed by atoms with Crippen molar-refractivity contribution >= 4 is 29.0 Å². The lowest BCUT2D eigenvalue weighted by Crippen LogP contribution is -2.67. The highest BCUT2D eigenvalue weighted by Gasteiger charge is 2.46. The molecule has 4 rings (SSSR count). The molecule has 222 valence electrons. The summed E-state index contributed by atoms with van der Waals surface area (Å²) in [4.78, 5) is 41.1. The van der Waals surface area contributed by atoms with Gasteiger partial charge in [0.2, 0.25) is 5.91 Å². The van der Waals surface area contributed by atoms with Crippen LogP contribution in [0.25, 0.3) is 11.2 Å². The molecule has 0 aliphatic carbocycles. The van der Waals surface area contributed by atoms with Crippen LogP contribution >= 0.6 is 0 Å². The third kappa shape index (κ3) is 7.38. The molecule has 7 N–H and O–H groups in total. The summed E-state index contributed by atoms with van der Waals surface area (Å²) < 4.78 is 16.3. The van der Waals surface area contributed by atoms with Crippen molar-refractivity contribution in [2.75, 3.05) is 19.0 Å². The van der Waals surface area contributed by atoms with Gasteiger partial charge >= 0.3 is 6.09 Å². The number of aromatic nitrogens is 4. The number of aromatic amines is 1. The van der Waals surface area contributed by atoms with Gasteiger partial charge in [0.15, 0.2) is 17.7 Å². The number of H-pyrrole nitrogens is 1. The zero-order valence-electron chi connectivity index (χ0n) is 23.1. The van der Waals surface area contributed by atoms with Gasteiger partial charge in [-0.05, 0) is 38.5 Å². The number of benzene rings is 1. The molecule has 3 heterocycles. The van der Waals surface area contributed by atoms with E-state index in [-0.39, 0.29) is 12.2 Å². The predicted octanol–water partition coefficient (Wildman–Crippen LogP) is -0.167. The molecule has 2 amide bonds. The topological polar surface area (TPSA) is 213 Å². The standard InChI is InChI=1S/C26H35N7O8/c1-26(2,3)41-25(38)31-15(9-13-5-7-14(39-4)8-6-13)23(37)32-17-16(10-34)40-24(20(36)19(17)35)33-22-18-21(28-11-27-18)29-12-30-22/h5-8,11-12,15-17,19-20,24,34-36H,9-10H2,1-4H3,(H,31,38)(H,32,37)(H2,27,28,29,30,33)/t15-,16-,17-,19+,20-,24-/m0/s1. The van der Waals surface area contributed by atoms with E-state index < -0.39 is 60.8 Å². The van der Waals surface area contributed by atoms with E-state index in [2.05, 4.69) is 35.9 Å². The second-order valence-corrected chi connectivity index (χ2v) is 10.5. The lowest BCUT2D eigenvalue weighted by atomic mass is 9.94. The maximum absolute atomic E-state index is 13.5. The van der Waals surface area contributed by atoms with Gasteiger partial charge in [-0.3, -0.25) is 4.79 Å². The van der Waals surface area contributed by atoms with Crippen LogP contribution in [0.4, 0.5) is 10.6 Å². The molecule has 1 aromatic carbocycles. The molecule has 15 heteroatoms. The summed E-state index contributed by atoms with van der Waals surface area (Å²) in [6.45, 7) is 4.48. The molecule has 3 aromatic rings. The summed E-state index contributed by atoms with van der Waals surface area (Å²) >= 11 is 0.